The highest BCUT2D eigenvalue weighted by atomic mass is 35.5. The summed E-state index contributed by atoms with van der Waals surface area (Å²) in [4.78, 5) is 12.7. The van der Waals surface area contributed by atoms with Crippen molar-refractivity contribution in [1.29, 1.82) is 0 Å². The van der Waals surface area contributed by atoms with E-state index < -0.39 is 6.29 Å². The predicted octanol–water partition coefficient (Wildman–Crippen LogP) is 4.16. The normalized spacial score (nSPS) is 18.6. The quantitative estimate of drug-likeness (QED) is 0.603. The van der Waals surface area contributed by atoms with Crippen molar-refractivity contribution in [2.45, 2.75) is 38.0 Å². The average Bonchev–Trinajstić information content (AvgIpc) is 2.76. The van der Waals surface area contributed by atoms with E-state index in [4.69, 9.17) is 26.2 Å². The van der Waals surface area contributed by atoms with Crippen LogP contribution >= 0.6 is 11.6 Å². The number of carbonyl (C=O) groups is 1. The first-order chi connectivity index (χ1) is 14.2. The van der Waals surface area contributed by atoms with E-state index in [1.807, 2.05) is 60.7 Å². The largest absolute Gasteiger partial charge is 0.459 e. The number of amides is 1. The van der Waals surface area contributed by atoms with Crippen molar-refractivity contribution < 1.29 is 19.4 Å². The van der Waals surface area contributed by atoms with Crippen molar-refractivity contribution in [2.24, 2.45) is 0 Å². The number of benzene rings is 2. The Balaban J connectivity index is 1.69. The fourth-order valence-electron chi connectivity index (χ4n) is 3.15. The number of hydrogen-bond acceptors (Lipinski definition) is 4. The van der Waals surface area contributed by atoms with Gasteiger partial charge in [0.05, 0.1) is 6.61 Å². The summed E-state index contributed by atoms with van der Waals surface area (Å²) in [5.41, 5.74) is 2.07. The van der Waals surface area contributed by atoms with E-state index >= 15 is 0 Å². The molecule has 3 rings (SSSR count). The lowest BCUT2D eigenvalue weighted by Crippen LogP contribution is -2.32. The van der Waals surface area contributed by atoms with Gasteiger partial charge in [0.1, 0.15) is 0 Å². The fraction of sp³-hybridized carbons (Fsp3) is 0.348. The molecule has 29 heavy (non-hydrogen) atoms. The van der Waals surface area contributed by atoms with Gasteiger partial charge < -0.3 is 19.9 Å². The van der Waals surface area contributed by atoms with Crippen molar-refractivity contribution in [3.8, 4) is 0 Å². The van der Waals surface area contributed by atoms with Crippen molar-refractivity contribution in [1.82, 2.24) is 5.32 Å². The third kappa shape index (κ3) is 6.60. The molecule has 2 N–H and O–H groups in total. The van der Waals surface area contributed by atoms with E-state index in [0.29, 0.717) is 31.0 Å². The van der Waals surface area contributed by atoms with Crippen molar-refractivity contribution >= 4 is 17.5 Å². The lowest BCUT2D eigenvalue weighted by molar-refractivity contribution is -0.146. The number of rotatable bonds is 9. The Morgan fingerprint density at radius 2 is 1.90 bits per heavy atom. The lowest BCUT2D eigenvalue weighted by Gasteiger charge is -2.29. The molecule has 5 nitrogen and oxygen atoms in total. The van der Waals surface area contributed by atoms with Gasteiger partial charge in [-0.25, -0.2) is 0 Å². The van der Waals surface area contributed by atoms with Crippen LogP contribution in [0.15, 0.2) is 66.4 Å². The Kier molecular flexibility index (Phi) is 8.11. The molecule has 6 heteroatoms. The Labute approximate surface area is 176 Å². The Bertz CT molecular complexity index is 807. The Hall–Kier alpha value is -2.34. The maximum Gasteiger partial charge on any atom is 0.286 e. The molecule has 154 valence electrons. The van der Waals surface area contributed by atoms with Gasteiger partial charge in [-0.2, -0.15) is 0 Å². The highest BCUT2D eigenvalue weighted by Crippen LogP contribution is 2.32. The monoisotopic (exact) mass is 415 g/mol. The van der Waals surface area contributed by atoms with E-state index in [0.717, 1.165) is 17.5 Å². The summed E-state index contributed by atoms with van der Waals surface area (Å²) in [6.07, 6.45) is 3.35. The molecule has 0 bridgehead atoms. The maximum atomic E-state index is 12.7. The first-order valence-corrected chi connectivity index (χ1v) is 10.2. The minimum Gasteiger partial charge on any atom is -0.459 e. The molecule has 1 aliphatic heterocycles. The number of unbranched alkanes of at least 4 members (excludes halogenated alkanes) is 1. The zero-order valence-electron chi connectivity index (χ0n) is 16.2. The third-order valence-corrected chi connectivity index (χ3v) is 4.98. The molecule has 0 saturated heterocycles. The smallest absolute Gasteiger partial charge is 0.286 e. The molecular formula is C23H26ClNO4. The van der Waals surface area contributed by atoms with Crippen LogP contribution in [-0.4, -0.2) is 30.5 Å². The first-order valence-electron chi connectivity index (χ1n) is 9.84. The zero-order chi connectivity index (χ0) is 20.5. The molecule has 0 saturated carbocycles. The topological polar surface area (TPSA) is 67.8 Å². The SMILES string of the molecule is O=C(NCc1ccccc1)C1=C[C@@H](c2ccc(Cl)cc2)C[C@@H](OCCCCO)O1. The highest BCUT2D eigenvalue weighted by molar-refractivity contribution is 6.30. The van der Waals surface area contributed by atoms with E-state index in [-0.39, 0.29) is 24.2 Å². The van der Waals surface area contributed by atoms with Crippen LogP contribution in [0.4, 0.5) is 0 Å². The van der Waals surface area contributed by atoms with Crippen LogP contribution in [0.5, 0.6) is 0 Å². The molecule has 0 unspecified atom stereocenters. The van der Waals surface area contributed by atoms with Gasteiger partial charge in [-0.1, -0.05) is 54.1 Å². The van der Waals surface area contributed by atoms with E-state index in [9.17, 15) is 4.79 Å². The van der Waals surface area contributed by atoms with Crippen molar-refractivity contribution in [3.05, 3.63) is 82.6 Å². The second-order valence-electron chi connectivity index (χ2n) is 6.94. The van der Waals surface area contributed by atoms with Crippen molar-refractivity contribution in [2.75, 3.05) is 13.2 Å². The number of hydrogen-bond donors (Lipinski definition) is 2. The fourth-order valence-corrected chi connectivity index (χ4v) is 3.28. The summed E-state index contributed by atoms with van der Waals surface area (Å²) in [6, 6.07) is 17.3. The van der Waals surface area contributed by atoms with Crippen LogP contribution in [0.2, 0.25) is 5.02 Å². The number of halogens is 1. The zero-order valence-corrected chi connectivity index (χ0v) is 17.0. The molecule has 1 aliphatic rings. The molecular weight excluding hydrogens is 390 g/mol. The summed E-state index contributed by atoms with van der Waals surface area (Å²) >= 11 is 6.01. The molecule has 0 aliphatic carbocycles. The van der Waals surface area contributed by atoms with Crippen LogP contribution in [0.3, 0.4) is 0 Å². The first kappa shape index (κ1) is 21.4. The summed E-state index contributed by atoms with van der Waals surface area (Å²) < 4.78 is 11.7. The number of carbonyl (C=O) groups excluding carboxylic acids is 1. The van der Waals surface area contributed by atoms with Gasteiger partial charge in [0, 0.05) is 30.5 Å². The molecule has 2 atom stereocenters. The Morgan fingerprint density at radius 1 is 1.14 bits per heavy atom. The molecule has 0 fully saturated rings. The van der Waals surface area contributed by atoms with Crippen LogP contribution in [0.1, 0.15) is 36.3 Å². The highest BCUT2D eigenvalue weighted by Gasteiger charge is 2.28. The maximum absolute atomic E-state index is 12.7. The minimum atomic E-state index is -0.517. The number of aliphatic hydroxyl groups excluding tert-OH is 1. The van der Waals surface area contributed by atoms with Gasteiger partial charge in [0.2, 0.25) is 6.29 Å². The molecule has 1 heterocycles. The standard InChI is InChI=1S/C23H26ClNO4/c24-20-10-8-18(9-11-20)19-14-21(29-22(15-19)28-13-5-4-12-26)23(27)25-16-17-6-2-1-3-7-17/h1-3,6-11,14,19,22,26H,4-5,12-13,15-16H2,(H,25,27)/t19-,22+/m1/s1. The van der Waals surface area contributed by atoms with Crippen molar-refractivity contribution in [3.63, 3.8) is 0 Å². The lowest BCUT2D eigenvalue weighted by atomic mass is 9.93. The van der Waals surface area contributed by atoms with Gasteiger partial charge in [-0.05, 0) is 42.2 Å². The van der Waals surface area contributed by atoms with E-state index in [1.165, 1.54) is 0 Å². The number of allylic oxidation sites excluding steroid dienone is 1. The van der Waals surface area contributed by atoms with Crippen LogP contribution < -0.4 is 5.32 Å². The number of ether oxygens (including phenoxy) is 2. The summed E-state index contributed by atoms with van der Waals surface area (Å²) in [5.74, 6) is -0.0166. The minimum absolute atomic E-state index is 0.0127. The van der Waals surface area contributed by atoms with Gasteiger partial charge in [0.15, 0.2) is 5.76 Å². The molecule has 2 aromatic rings. The number of aliphatic hydroxyl groups is 1. The van der Waals surface area contributed by atoms with Gasteiger partial charge in [-0.3, -0.25) is 4.79 Å². The second kappa shape index (κ2) is 11.0. The van der Waals surface area contributed by atoms with Crippen LogP contribution in [0, 0.1) is 0 Å². The summed E-state index contributed by atoms with van der Waals surface area (Å²) in [6.45, 7) is 1.03. The predicted molar refractivity (Wildman–Crippen MR) is 112 cm³/mol. The van der Waals surface area contributed by atoms with Crippen LogP contribution in [0.25, 0.3) is 0 Å². The molecule has 0 spiro atoms. The van der Waals surface area contributed by atoms with E-state index in [1.54, 1.807) is 0 Å². The van der Waals surface area contributed by atoms with E-state index in [2.05, 4.69) is 5.32 Å². The molecule has 0 radical (unpaired) electrons. The summed E-state index contributed by atoms with van der Waals surface area (Å²) in [7, 11) is 0. The van der Waals surface area contributed by atoms with Gasteiger partial charge in [0.25, 0.3) is 5.91 Å². The second-order valence-corrected chi connectivity index (χ2v) is 7.38. The average molecular weight is 416 g/mol. The van der Waals surface area contributed by atoms with Gasteiger partial charge in [-0.15, -0.1) is 0 Å². The van der Waals surface area contributed by atoms with Crippen LogP contribution in [-0.2, 0) is 20.8 Å². The molecule has 1 amide bonds. The summed E-state index contributed by atoms with van der Waals surface area (Å²) in [5, 5.41) is 12.5. The number of nitrogens with one attached hydrogen (secondary N) is 1. The molecule has 2 aromatic carbocycles. The molecule has 0 aromatic heterocycles. The van der Waals surface area contributed by atoms with Gasteiger partial charge >= 0.3 is 0 Å². The third-order valence-electron chi connectivity index (χ3n) is 4.73. The Morgan fingerprint density at radius 3 is 2.62 bits per heavy atom.